The van der Waals surface area contributed by atoms with E-state index in [4.69, 9.17) is 0 Å². The molecule has 0 amide bonds. The third-order valence-electron chi connectivity index (χ3n) is 7.93. The van der Waals surface area contributed by atoms with Crippen molar-refractivity contribution in [2.24, 2.45) is 0 Å². The molecule has 0 aliphatic rings. The molecule has 7 heteroatoms. The van der Waals surface area contributed by atoms with Gasteiger partial charge < -0.3 is 29.7 Å². The van der Waals surface area contributed by atoms with E-state index in [0.29, 0.717) is 0 Å². The molecular weight excluding hydrogens is 763 g/mol. The monoisotopic (exact) mass is 839 g/mol. The molecule has 0 aromatic rings. The summed E-state index contributed by atoms with van der Waals surface area (Å²) in [6.45, 7) is 6.63. The van der Waals surface area contributed by atoms with Crippen LogP contribution in [0.2, 0.25) is 0 Å². The van der Waals surface area contributed by atoms with Gasteiger partial charge in [-0.1, -0.05) is 154 Å². The third-order valence-corrected chi connectivity index (χ3v) is 7.93. The number of unbranched alkanes of at least 4 members (excludes halogenated alkanes) is 21. The van der Waals surface area contributed by atoms with Crippen LogP contribution in [0.15, 0.2) is 36.5 Å². The zero-order chi connectivity index (χ0) is 36.2. The summed E-state index contributed by atoms with van der Waals surface area (Å²) < 4.78 is 0. The van der Waals surface area contributed by atoms with Crippen LogP contribution in [0.4, 0.5) is 0 Å². The van der Waals surface area contributed by atoms with Gasteiger partial charge in [-0.2, -0.15) is 0 Å². The van der Waals surface area contributed by atoms with Crippen LogP contribution < -0.4 is 15.3 Å². The number of carbonyl (C=O) groups is 3. The Morgan fingerprint density at radius 1 is 0.327 bits per heavy atom. The SMILES string of the molecule is CCCC/C=C\CCCCCCCC(=O)[O-].CCCC/C=C\CCCCCCCC(=O)[O-].CCCC/C=C\CCCCCCCC(=O)[O-].[Dy+3]. The maximum Gasteiger partial charge on any atom is 3.00 e. The minimum atomic E-state index is -0.918. The summed E-state index contributed by atoms with van der Waals surface area (Å²) in [5.41, 5.74) is 0. The quantitative estimate of drug-likeness (QED) is 0.0480. The van der Waals surface area contributed by atoms with Crippen LogP contribution in [0.5, 0.6) is 0 Å². The van der Waals surface area contributed by atoms with Crippen molar-refractivity contribution in [3.63, 3.8) is 0 Å². The van der Waals surface area contributed by atoms with Crippen LogP contribution in [0.3, 0.4) is 0 Å². The molecule has 49 heavy (non-hydrogen) atoms. The Balaban J connectivity index is -0.000000307. The molecule has 0 atom stereocenters. The Kier molecular flexibility index (Phi) is 57.2. The van der Waals surface area contributed by atoms with Crippen molar-refractivity contribution in [2.75, 3.05) is 0 Å². The molecule has 1 radical (unpaired) electrons. The number of hydrogen-bond donors (Lipinski definition) is 0. The number of aliphatic carboxylic acids is 3. The maximum atomic E-state index is 10.1. The normalized spacial score (nSPS) is 10.8. The number of carbonyl (C=O) groups excluding carboxylic acids is 3. The summed E-state index contributed by atoms with van der Waals surface area (Å²) in [4.78, 5) is 30.4. The second-order valence-electron chi connectivity index (χ2n) is 12.9. The van der Waals surface area contributed by atoms with Gasteiger partial charge in [0.05, 0.1) is 0 Å². The second-order valence-corrected chi connectivity index (χ2v) is 12.9. The van der Waals surface area contributed by atoms with Gasteiger partial charge in [0, 0.05) is 17.9 Å². The van der Waals surface area contributed by atoms with Gasteiger partial charge in [-0.25, -0.2) is 0 Å². The molecule has 0 aromatic heterocycles. The van der Waals surface area contributed by atoms with Crippen LogP contribution in [0.1, 0.15) is 213 Å². The van der Waals surface area contributed by atoms with Gasteiger partial charge in [0.25, 0.3) is 0 Å². The first-order valence-corrected chi connectivity index (χ1v) is 19.9. The minimum Gasteiger partial charge on any atom is -0.550 e. The summed E-state index contributed by atoms with van der Waals surface area (Å²) in [7, 11) is 0. The topological polar surface area (TPSA) is 120 Å². The van der Waals surface area contributed by atoms with Gasteiger partial charge in [-0.3, -0.25) is 0 Å². The zero-order valence-electron chi connectivity index (χ0n) is 31.9. The van der Waals surface area contributed by atoms with E-state index < -0.39 is 17.9 Å². The van der Waals surface area contributed by atoms with Crippen molar-refractivity contribution in [3.05, 3.63) is 36.5 Å². The van der Waals surface area contributed by atoms with Crippen molar-refractivity contribution >= 4 is 17.9 Å². The van der Waals surface area contributed by atoms with E-state index in [-0.39, 0.29) is 57.4 Å². The van der Waals surface area contributed by atoms with Crippen molar-refractivity contribution < 1.29 is 67.9 Å². The molecule has 0 aromatic carbocycles. The van der Waals surface area contributed by atoms with E-state index in [0.717, 1.165) is 57.8 Å². The van der Waals surface area contributed by atoms with Crippen LogP contribution in [-0.2, 0) is 14.4 Å². The average molecular weight is 839 g/mol. The molecule has 0 bridgehead atoms. The molecule has 289 valence electrons. The maximum absolute atomic E-state index is 10.1. The van der Waals surface area contributed by atoms with Crippen LogP contribution in [-0.4, -0.2) is 17.9 Å². The summed E-state index contributed by atoms with van der Waals surface area (Å²) in [5, 5.41) is 30.4. The standard InChI is InChI=1S/3C14H26O2.Dy/c3*1-2-3-4-5-6-7-8-9-10-11-12-13-14(15)16;/h3*5-6H,2-4,7-13H2,1H3,(H,15,16);/q;;;+3/p-3/b3*6-5-;. The smallest absolute Gasteiger partial charge is 0.550 e. The fourth-order valence-corrected chi connectivity index (χ4v) is 4.86. The van der Waals surface area contributed by atoms with Gasteiger partial charge in [-0.15, -0.1) is 0 Å². The van der Waals surface area contributed by atoms with E-state index in [1.165, 1.54) is 116 Å². The Labute approximate surface area is 333 Å². The van der Waals surface area contributed by atoms with Gasteiger partial charge in [0.1, 0.15) is 0 Å². The first-order chi connectivity index (χ1) is 23.3. The molecule has 0 heterocycles. The first-order valence-electron chi connectivity index (χ1n) is 19.9. The molecule has 0 spiro atoms. The number of rotatable bonds is 33. The van der Waals surface area contributed by atoms with Gasteiger partial charge in [-0.05, 0) is 96.3 Å². The summed E-state index contributed by atoms with van der Waals surface area (Å²) in [6, 6.07) is 0. The molecule has 0 unspecified atom stereocenters. The second kappa shape index (κ2) is 51.3. The molecule has 0 aliphatic carbocycles. The van der Waals surface area contributed by atoms with E-state index in [9.17, 15) is 29.7 Å². The number of carboxylic acid groups (broad SMARTS) is 3. The summed E-state index contributed by atoms with van der Waals surface area (Å²) >= 11 is 0. The molecule has 0 rings (SSSR count). The molecule has 0 N–H and O–H groups in total. The molecule has 0 aliphatic heterocycles. The Hall–Kier alpha value is -1.10. The Morgan fingerprint density at radius 3 is 0.714 bits per heavy atom. The fourth-order valence-electron chi connectivity index (χ4n) is 4.86. The molecule has 6 nitrogen and oxygen atoms in total. The first kappa shape index (κ1) is 54.7. The zero-order valence-corrected chi connectivity index (χ0v) is 34.0. The predicted molar refractivity (Wildman–Crippen MR) is 198 cm³/mol. The molecule has 0 saturated heterocycles. The summed E-state index contributed by atoms with van der Waals surface area (Å²) in [6.07, 6.45) is 45.3. The van der Waals surface area contributed by atoms with E-state index in [2.05, 4.69) is 57.2 Å². The van der Waals surface area contributed by atoms with E-state index in [1.54, 1.807) is 0 Å². The third kappa shape index (κ3) is 65.8. The van der Waals surface area contributed by atoms with Gasteiger partial charge >= 0.3 is 38.2 Å². The number of allylic oxidation sites excluding steroid dienone is 6. The molecule has 0 fully saturated rings. The van der Waals surface area contributed by atoms with Crippen LogP contribution in [0.25, 0.3) is 0 Å². The van der Waals surface area contributed by atoms with Gasteiger partial charge in [0.15, 0.2) is 0 Å². The van der Waals surface area contributed by atoms with Crippen LogP contribution in [0, 0.1) is 38.2 Å². The molecule has 0 saturated carbocycles. The summed E-state index contributed by atoms with van der Waals surface area (Å²) in [5.74, 6) is -2.75. The number of carboxylic acids is 3. The number of hydrogen-bond acceptors (Lipinski definition) is 6. The van der Waals surface area contributed by atoms with E-state index in [1.807, 2.05) is 0 Å². The van der Waals surface area contributed by atoms with Gasteiger partial charge in [0.2, 0.25) is 0 Å². The fraction of sp³-hybridized carbons (Fsp3) is 0.786. The van der Waals surface area contributed by atoms with Crippen molar-refractivity contribution in [2.45, 2.75) is 213 Å². The van der Waals surface area contributed by atoms with E-state index >= 15 is 0 Å². The van der Waals surface area contributed by atoms with Crippen LogP contribution >= 0.6 is 0 Å². The average Bonchev–Trinajstić information content (AvgIpc) is 3.05. The van der Waals surface area contributed by atoms with Crippen molar-refractivity contribution in [1.82, 2.24) is 0 Å². The minimum absolute atomic E-state index is 0. The van der Waals surface area contributed by atoms with Crippen molar-refractivity contribution in [1.29, 1.82) is 0 Å². The Bertz CT molecular complexity index is 662. The Morgan fingerprint density at radius 2 is 0.510 bits per heavy atom. The van der Waals surface area contributed by atoms with Crippen molar-refractivity contribution in [3.8, 4) is 0 Å². The predicted octanol–water partition coefficient (Wildman–Crippen LogP) is 9.64. The largest absolute Gasteiger partial charge is 3.00 e. The molecular formula is C42H75DyO6.